The second-order valence-corrected chi connectivity index (χ2v) is 11.1. The van der Waals surface area contributed by atoms with Gasteiger partial charge in [0.15, 0.2) is 0 Å². The van der Waals surface area contributed by atoms with Gasteiger partial charge >= 0.3 is 5.97 Å². The van der Waals surface area contributed by atoms with Gasteiger partial charge in [0, 0.05) is 28.8 Å². The molecule has 4 aliphatic carbocycles. The van der Waals surface area contributed by atoms with E-state index in [9.17, 15) is 9.59 Å². The fourth-order valence-corrected chi connectivity index (χ4v) is 7.62. The number of hydrogen-bond acceptors (Lipinski definition) is 4. The largest absolute Gasteiger partial charge is 0.487 e. The Bertz CT molecular complexity index is 1210. The van der Waals surface area contributed by atoms with E-state index in [0.717, 1.165) is 65.0 Å². The summed E-state index contributed by atoms with van der Waals surface area (Å²) < 4.78 is 12.2. The molecule has 5 nitrogen and oxygen atoms in total. The van der Waals surface area contributed by atoms with Crippen molar-refractivity contribution in [2.75, 3.05) is 5.32 Å². The molecule has 0 aromatic heterocycles. The molecule has 4 fully saturated rings. The van der Waals surface area contributed by atoms with Crippen LogP contribution in [0.1, 0.15) is 67.2 Å². The highest BCUT2D eigenvalue weighted by atomic mass is 16.6. The first-order chi connectivity index (χ1) is 16.6. The molecule has 0 unspecified atom stereocenters. The molecular formula is C29H29NO4. The third-order valence-corrected chi connectivity index (χ3v) is 8.62. The van der Waals surface area contributed by atoms with Crippen molar-refractivity contribution in [3.8, 4) is 0 Å². The molecule has 2 heterocycles. The molecule has 6 aliphatic rings. The molecular weight excluding hydrogens is 426 g/mol. The van der Waals surface area contributed by atoms with E-state index in [-0.39, 0.29) is 17.5 Å². The number of fused-ring (bicyclic) bond motifs is 2. The van der Waals surface area contributed by atoms with Gasteiger partial charge < -0.3 is 14.8 Å². The zero-order chi connectivity index (χ0) is 22.9. The fourth-order valence-electron chi connectivity index (χ4n) is 7.62. The minimum absolute atomic E-state index is 0.0549. The standard InChI is InChI=1S/C29H29NO4/c31-25(34-29-13-18-9-19(14-29)11-20(10-18)15-29)8-6-17-5-7-22-21(12-17)16-33-27(22)26-23-3-1-2-4-24(23)30-28(26)32/h1-5,7,12,18-20H,6,8-11,13-16H2,(H,30,32)/b27-26+. The van der Waals surface area contributed by atoms with Crippen molar-refractivity contribution in [3.63, 3.8) is 0 Å². The van der Waals surface area contributed by atoms with Gasteiger partial charge in [0.05, 0.1) is 5.57 Å². The first-order valence-electron chi connectivity index (χ1n) is 12.7. The first kappa shape index (κ1) is 20.3. The van der Waals surface area contributed by atoms with Crippen LogP contribution in [0, 0.1) is 17.8 Å². The van der Waals surface area contributed by atoms with Crippen LogP contribution in [-0.2, 0) is 32.1 Å². The van der Waals surface area contributed by atoms with Crippen molar-refractivity contribution in [1.29, 1.82) is 0 Å². The number of amides is 1. The molecule has 2 aromatic carbocycles. The number of anilines is 1. The van der Waals surface area contributed by atoms with Crippen LogP contribution >= 0.6 is 0 Å². The van der Waals surface area contributed by atoms with E-state index in [2.05, 4.69) is 11.4 Å². The monoisotopic (exact) mass is 455 g/mol. The van der Waals surface area contributed by atoms with Crippen LogP contribution in [0.2, 0.25) is 0 Å². The molecule has 2 aliphatic heterocycles. The minimum atomic E-state index is -0.170. The average molecular weight is 456 g/mol. The number of carbonyl (C=O) groups excluding carboxylic acids is 2. The second-order valence-electron chi connectivity index (χ2n) is 11.1. The summed E-state index contributed by atoms with van der Waals surface area (Å²) in [5.41, 5.74) is 5.26. The van der Waals surface area contributed by atoms with E-state index in [1.54, 1.807) is 0 Å². The first-order valence-corrected chi connectivity index (χ1v) is 12.7. The van der Waals surface area contributed by atoms with Gasteiger partial charge in [0.1, 0.15) is 18.0 Å². The summed E-state index contributed by atoms with van der Waals surface area (Å²) in [6.45, 7) is 0.440. The number of hydrogen-bond donors (Lipinski definition) is 1. The molecule has 1 N–H and O–H groups in total. The smallest absolute Gasteiger partial charge is 0.306 e. The van der Waals surface area contributed by atoms with Crippen molar-refractivity contribution < 1.29 is 19.1 Å². The van der Waals surface area contributed by atoms with E-state index in [1.807, 2.05) is 36.4 Å². The van der Waals surface area contributed by atoms with Crippen molar-refractivity contribution >= 4 is 28.9 Å². The van der Waals surface area contributed by atoms with Crippen LogP contribution in [0.25, 0.3) is 11.3 Å². The molecule has 174 valence electrons. The number of esters is 1. The molecule has 0 radical (unpaired) electrons. The summed E-state index contributed by atoms with van der Waals surface area (Å²) >= 11 is 0. The van der Waals surface area contributed by atoms with Gasteiger partial charge in [-0.05, 0) is 74.3 Å². The minimum Gasteiger partial charge on any atom is -0.487 e. The Morgan fingerprint density at radius 1 is 1.00 bits per heavy atom. The van der Waals surface area contributed by atoms with Crippen LogP contribution in [0.4, 0.5) is 5.69 Å². The molecule has 0 saturated heterocycles. The van der Waals surface area contributed by atoms with Gasteiger partial charge in [-0.25, -0.2) is 0 Å². The highest BCUT2D eigenvalue weighted by Gasteiger charge is 2.53. The summed E-state index contributed by atoms with van der Waals surface area (Å²) in [6.07, 6.45) is 8.34. The highest BCUT2D eigenvalue weighted by molar-refractivity contribution is 6.36. The Balaban J connectivity index is 1.06. The highest BCUT2D eigenvalue weighted by Crippen LogP contribution is 2.57. The zero-order valence-corrected chi connectivity index (χ0v) is 19.3. The predicted octanol–water partition coefficient (Wildman–Crippen LogP) is 5.48. The molecule has 0 spiro atoms. The maximum absolute atomic E-state index is 12.8. The second kappa shape index (κ2) is 7.46. The number of para-hydroxylation sites is 1. The van der Waals surface area contributed by atoms with E-state index in [4.69, 9.17) is 9.47 Å². The Morgan fingerprint density at radius 3 is 2.50 bits per heavy atom. The maximum atomic E-state index is 12.8. The summed E-state index contributed by atoms with van der Waals surface area (Å²) in [7, 11) is 0. The van der Waals surface area contributed by atoms with Crippen LogP contribution < -0.4 is 5.32 Å². The van der Waals surface area contributed by atoms with Crippen LogP contribution in [0.15, 0.2) is 42.5 Å². The molecule has 34 heavy (non-hydrogen) atoms. The third kappa shape index (κ3) is 3.28. The molecule has 2 aromatic rings. The fraction of sp³-hybridized carbons (Fsp3) is 0.448. The Kier molecular flexibility index (Phi) is 4.46. The van der Waals surface area contributed by atoms with Crippen LogP contribution in [0.3, 0.4) is 0 Å². The number of carbonyl (C=O) groups is 2. The van der Waals surface area contributed by atoms with E-state index in [0.29, 0.717) is 30.8 Å². The SMILES string of the molecule is O=C(CCc1ccc2c(c1)CO/C2=C1/C(=O)Nc2ccccc21)OC12CC3CC(CC(C3)C1)C2. The van der Waals surface area contributed by atoms with Crippen LogP contribution in [0.5, 0.6) is 0 Å². The molecule has 1 amide bonds. The lowest BCUT2D eigenvalue weighted by Crippen LogP contribution is -2.52. The molecule has 4 saturated carbocycles. The van der Waals surface area contributed by atoms with Gasteiger partial charge in [0.2, 0.25) is 0 Å². The van der Waals surface area contributed by atoms with Gasteiger partial charge in [0.25, 0.3) is 5.91 Å². The van der Waals surface area contributed by atoms with Crippen LogP contribution in [-0.4, -0.2) is 17.5 Å². The third-order valence-electron chi connectivity index (χ3n) is 8.62. The van der Waals surface area contributed by atoms with Crippen molar-refractivity contribution in [1.82, 2.24) is 0 Å². The van der Waals surface area contributed by atoms with E-state index < -0.39 is 0 Å². The Labute approximate surface area is 199 Å². The predicted molar refractivity (Wildman–Crippen MR) is 128 cm³/mol. The summed E-state index contributed by atoms with van der Waals surface area (Å²) in [5, 5.41) is 2.92. The molecule has 8 rings (SSSR count). The normalized spacial score (nSPS) is 32.2. The summed E-state index contributed by atoms with van der Waals surface area (Å²) in [4.78, 5) is 25.4. The number of aryl methyl sites for hydroxylation is 1. The number of benzene rings is 2. The van der Waals surface area contributed by atoms with Crippen molar-refractivity contribution in [3.05, 3.63) is 64.7 Å². The van der Waals surface area contributed by atoms with Gasteiger partial charge in [-0.15, -0.1) is 0 Å². The van der Waals surface area contributed by atoms with Gasteiger partial charge in [-0.3, -0.25) is 9.59 Å². The van der Waals surface area contributed by atoms with Crippen molar-refractivity contribution in [2.24, 2.45) is 17.8 Å². The molecule has 5 heteroatoms. The van der Waals surface area contributed by atoms with Gasteiger partial charge in [-0.1, -0.05) is 36.4 Å². The number of rotatable bonds is 4. The zero-order valence-electron chi connectivity index (χ0n) is 19.3. The molecule has 0 atom stereocenters. The lowest BCUT2D eigenvalue weighted by Gasteiger charge is -2.55. The van der Waals surface area contributed by atoms with Crippen molar-refractivity contribution in [2.45, 2.75) is 63.6 Å². The number of nitrogens with one attached hydrogen (secondary N) is 1. The quantitative estimate of drug-likeness (QED) is 0.490. The Hall–Kier alpha value is -3.08. The topological polar surface area (TPSA) is 64.6 Å². The van der Waals surface area contributed by atoms with E-state index in [1.165, 1.54) is 19.3 Å². The summed E-state index contributed by atoms with van der Waals surface area (Å²) in [6, 6.07) is 13.9. The lowest BCUT2D eigenvalue weighted by atomic mass is 9.54. The maximum Gasteiger partial charge on any atom is 0.306 e. The lowest BCUT2D eigenvalue weighted by molar-refractivity contribution is -0.186. The summed E-state index contributed by atoms with van der Waals surface area (Å²) in [5.74, 6) is 2.78. The Morgan fingerprint density at radius 2 is 1.74 bits per heavy atom. The number of ether oxygens (including phenoxy) is 2. The van der Waals surface area contributed by atoms with Gasteiger partial charge in [-0.2, -0.15) is 0 Å². The average Bonchev–Trinajstić information content (AvgIpc) is 3.35. The molecule has 4 bridgehead atoms. The van der Waals surface area contributed by atoms with E-state index >= 15 is 0 Å².